The SMILES string of the molecule is c1ccc(-c2nc(-c3ccccc3)nc(-n3c4cccc5c6ccccc6n6c7ccccc7c7ccc3c(c54)c76)n2)cc1. The van der Waals surface area contributed by atoms with Crippen LogP contribution >= 0.6 is 0 Å². The maximum atomic E-state index is 5.14. The molecular formula is C39H23N5. The zero-order chi connectivity index (χ0) is 28.8. The first-order chi connectivity index (χ1) is 21.8. The monoisotopic (exact) mass is 561 g/mol. The van der Waals surface area contributed by atoms with Crippen molar-refractivity contribution in [3.05, 3.63) is 140 Å². The molecule has 0 fully saturated rings. The Morgan fingerprint density at radius 2 is 0.886 bits per heavy atom. The average molecular weight is 562 g/mol. The molecule has 5 nitrogen and oxygen atoms in total. The number of nitrogens with zero attached hydrogens (tertiary/aromatic N) is 5. The van der Waals surface area contributed by atoms with Crippen LogP contribution in [0.5, 0.6) is 0 Å². The van der Waals surface area contributed by atoms with Crippen molar-refractivity contribution < 1.29 is 0 Å². The van der Waals surface area contributed by atoms with Gasteiger partial charge < -0.3 is 4.40 Å². The average Bonchev–Trinajstić information content (AvgIpc) is 3.57. The van der Waals surface area contributed by atoms with Crippen LogP contribution in [-0.2, 0) is 0 Å². The van der Waals surface area contributed by atoms with Gasteiger partial charge in [-0.25, -0.2) is 4.98 Å². The summed E-state index contributed by atoms with van der Waals surface area (Å²) in [6.45, 7) is 0. The van der Waals surface area contributed by atoms with Gasteiger partial charge in [-0.3, -0.25) is 4.57 Å². The molecule has 0 bridgehead atoms. The second kappa shape index (κ2) is 8.72. The molecule has 0 aliphatic carbocycles. The summed E-state index contributed by atoms with van der Waals surface area (Å²) in [7, 11) is 0. The van der Waals surface area contributed by atoms with E-state index in [-0.39, 0.29) is 0 Å². The molecule has 10 aromatic rings. The van der Waals surface area contributed by atoms with E-state index in [0.717, 1.165) is 22.2 Å². The summed E-state index contributed by atoms with van der Waals surface area (Å²) in [6, 6.07) is 48.9. The molecule has 0 spiro atoms. The highest BCUT2D eigenvalue weighted by atomic mass is 15.2. The van der Waals surface area contributed by atoms with Crippen LogP contribution in [0, 0.1) is 0 Å². The zero-order valence-electron chi connectivity index (χ0n) is 23.5. The third-order valence-corrected chi connectivity index (χ3v) is 8.91. The molecule has 0 N–H and O–H groups in total. The lowest BCUT2D eigenvalue weighted by molar-refractivity contribution is 0.954. The summed E-state index contributed by atoms with van der Waals surface area (Å²) in [5.74, 6) is 1.90. The van der Waals surface area contributed by atoms with Gasteiger partial charge in [0.25, 0.3) is 0 Å². The lowest BCUT2D eigenvalue weighted by Crippen LogP contribution is -2.06. The molecule has 10 rings (SSSR count). The van der Waals surface area contributed by atoms with Crippen molar-refractivity contribution in [2.24, 2.45) is 0 Å². The second-order valence-corrected chi connectivity index (χ2v) is 11.3. The third-order valence-electron chi connectivity index (χ3n) is 8.91. The van der Waals surface area contributed by atoms with E-state index in [4.69, 9.17) is 15.0 Å². The van der Waals surface area contributed by atoms with Gasteiger partial charge in [-0.15, -0.1) is 0 Å². The smallest absolute Gasteiger partial charge is 0.238 e. The van der Waals surface area contributed by atoms with Crippen LogP contribution < -0.4 is 0 Å². The van der Waals surface area contributed by atoms with Crippen LogP contribution in [0.1, 0.15) is 0 Å². The summed E-state index contributed by atoms with van der Waals surface area (Å²) in [5.41, 5.74) is 7.65. The predicted octanol–water partition coefficient (Wildman–Crippen LogP) is 9.45. The van der Waals surface area contributed by atoms with Gasteiger partial charge in [0.05, 0.1) is 27.6 Å². The minimum absolute atomic E-state index is 0.603. The Balaban J connectivity index is 1.43. The molecule has 44 heavy (non-hydrogen) atoms. The fourth-order valence-electron chi connectivity index (χ4n) is 7.08. The Hall–Kier alpha value is -6.07. The van der Waals surface area contributed by atoms with Crippen LogP contribution in [-0.4, -0.2) is 23.9 Å². The normalized spacial score (nSPS) is 12.1. The number of benzene rings is 6. The van der Waals surface area contributed by atoms with Crippen molar-refractivity contribution >= 4 is 59.9 Å². The van der Waals surface area contributed by atoms with Crippen LogP contribution in [0.4, 0.5) is 0 Å². The largest absolute Gasteiger partial charge is 0.308 e. The molecule has 0 radical (unpaired) electrons. The van der Waals surface area contributed by atoms with E-state index in [1.54, 1.807) is 0 Å². The van der Waals surface area contributed by atoms with Crippen LogP contribution in [0.3, 0.4) is 0 Å². The molecule has 204 valence electrons. The molecule has 4 aromatic heterocycles. The second-order valence-electron chi connectivity index (χ2n) is 11.3. The molecule has 0 aliphatic rings. The topological polar surface area (TPSA) is 48.0 Å². The van der Waals surface area contributed by atoms with Gasteiger partial charge in [0, 0.05) is 38.1 Å². The van der Waals surface area contributed by atoms with Crippen LogP contribution in [0.2, 0.25) is 0 Å². The quantitative estimate of drug-likeness (QED) is 0.216. The highest BCUT2D eigenvalue weighted by Gasteiger charge is 2.24. The molecule has 0 atom stereocenters. The van der Waals surface area contributed by atoms with Gasteiger partial charge in [0.1, 0.15) is 0 Å². The van der Waals surface area contributed by atoms with Crippen molar-refractivity contribution in [2.75, 3.05) is 0 Å². The maximum absolute atomic E-state index is 5.14. The van der Waals surface area contributed by atoms with Gasteiger partial charge in [0.15, 0.2) is 11.6 Å². The first-order valence-corrected chi connectivity index (χ1v) is 14.8. The van der Waals surface area contributed by atoms with E-state index >= 15 is 0 Å². The fraction of sp³-hybridized carbons (Fsp3) is 0. The first-order valence-electron chi connectivity index (χ1n) is 14.8. The van der Waals surface area contributed by atoms with Crippen molar-refractivity contribution in [3.8, 4) is 28.7 Å². The predicted molar refractivity (Wildman–Crippen MR) is 180 cm³/mol. The summed E-state index contributed by atoms with van der Waals surface area (Å²) in [6.07, 6.45) is 0. The van der Waals surface area contributed by atoms with E-state index < -0.39 is 0 Å². The van der Waals surface area contributed by atoms with Gasteiger partial charge in [-0.1, -0.05) is 115 Å². The highest BCUT2D eigenvalue weighted by molar-refractivity contribution is 6.33. The third kappa shape index (κ3) is 3.10. The van der Waals surface area contributed by atoms with E-state index in [1.165, 1.54) is 48.9 Å². The van der Waals surface area contributed by atoms with E-state index in [0.29, 0.717) is 17.6 Å². The summed E-state index contributed by atoms with van der Waals surface area (Å²) in [4.78, 5) is 15.2. The van der Waals surface area contributed by atoms with Crippen molar-refractivity contribution in [1.82, 2.24) is 23.9 Å². The standard InChI is InChI=1S/C39H23N5/c1-3-12-24(13-4-1)37-40-38(25-14-5-2-6-15-25)42-39(41-37)44-32-21-11-18-28-26-16-7-9-19-30(26)43-31-20-10-8-17-27(31)29-22-23-33(44)35(34(28)32)36(29)43/h1-23H. The Labute approximate surface area is 251 Å². The molecule has 0 aliphatic heterocycles. The van der Waals surface area contributed by atoms with Gasteiger partial charge >= 0.3 is 0 Å². The Morgan fingerprint density at radius 3 is 1.55 bits per heavy atom. The molecular weight excluding hydrogens is 538 g/mol. The van der Waals surface area contributed by atoms with Crippen molar-refractivity contribution in [2.45, 2.75) is 0 Å². The van der Waals surface area contributed by atoms with E-state index in [2.05, 4.69) is 112 Å². The summed E-state index contributed by atoms with van der Waals surface area (Å²) in [5, 5.41) is 7.33. The first kappa shape index (κ1) is 23.5. The van der Waals surface area contributed by atoms with Crippen molar-refractivity contribution in [3.63, 3.8) is 0 Å². The molecule has 0 unspecified atom stereocenters. The Kier molecular flexibility index (Phi) is 4.66. The maximum Gasteiger partial charge on any atom is 0.238 e. The molecule has 0 saturated carbocycles. The fourth-order valence-corrected chi connectivity index (χ4v) is 7.08. The van der Waals surface area contributed by atoms with Crippen LogP contribution in [0.15, 0.2) is 140 Å². The Bertz CT molecular complexity index is 2650. The number of para-hydroxylation sites is 2. The molecule has 0 saturated heterocycles. The van der Waals surface area contributed by atoms with Gasteiger partial charge in [-0.05, 0) is 29.7 Å². The zero-order valence-corrected chi connectivity index (χ0v) is 23.5. The molecule has 0 amide bonds. The summed E-state index contributed by atoms with van der Waals surface area (Å²) >= 11 is 0. The van der Waals surface area contributed by atoms with Gasteiger partial charge in [0.2, 0.25) is 5.95 Å². The lowest BCUT2D eigenvalue weighted by Gasteiger charge is -2.11. The minimum Gasteiger partial charge on any atom is -0.308 e. The number of rotatable bonds is 3. The van der Waals surface area contributed by atoms with Gasteiger partial charge in [-0.2, -0.15) is 9.97 Å². The molecule has 4 heterocycles. The summed E-state index contributed by atoms with van der Waals surface area (Å²) < 4.78 is 4.68. The van der Waals surface area contributed by atoms with E-state index in [1.807, 2.05) is 36.4 Å². The number of aromatic nitrogens is 5. The number of fused-ring (bicyclic) bond motifs is 6. The molecule has 6 aromatic carbocycles. The van der Waals surface area contributed by atoms with Crippen LogP contribution in [0.25, 0.3) is 88.6 Å². The lowest BCUT2D eigenvalue weighted by atomic mass is 10.0. The van der Waals surface area contributed by atoms with E-state index in [9.17, 15) is 0 Å². The Morgan fingerprint density at radius 1 is 0.364 bits per heavy atom. The van der Waals surface area contributed by atoms with Crippen molar-refractivity contribution in [1.29, 1.82) is 0 Å². The number of hydrogen-bond donors (Lipinski definition) is 0. The highest BCUT2D eigenvalue weighted by Crippen LogP contribution is 2.44. The molecule has 5 heteroatoms. The minimum atomic E-state index is 0.603. The number of hydrogen-bond acceptors (Lipinski definition) is 3.